The summed E-state index contributed by atoms with van der Waals surface area (Å²) in [6.45, 7) is 5.92. The molecule has 1 nitrogen and oxygen atoms in total. The van der Waals surface area contributed by atoms with E-state index in [1.807, 2.05) is 36.4 Å². The predicted octanol–water partition coefficient (Wildman–Crippen LogP) is 10.1. The average molecular weight is 507 g/mol. The Kier molecular flexibility index (Phi) is 10.1. The summed E-state index contributed by atoms with van der Waals surface area (Å²) in [7, 11) is 0. The fourth-order valence-corrected chi connectivity index (χ4v) is 6.24. The number of alkyl halides is 2. The van der Waals surface area contributed by atoms with Gasteiger partial charge in [-0.15, -0.1) is 6.58 Å². The second-order valence-corrected chi connectivity index (χ2v) is 11.3. The molecule has 3 heteroatoms. The molecule has 0 bridgehead atoms. The monoisotopic (exact) mass is 506 g/mol. The SMILES string of the molecule is C=CC1CCC(c2ccc(CC(F)(F)OCc3ccc(C4CCC(CCC=CC)CC4)cc3)cc2)CC1. The topological polar surface area (TPSA) is 9.23 Å². The Labute approximate surface area is 223 Å². The molecule has 2 saturated carbocycles. The minimum atomic E-state index is -3.19. The Morgan fingerprint density at radius 1 is 0.811 bits per heavy atom. The summed E-state index contributed by atoms with van der Waals surface area (Å²) >= 11 is 0. The van der Waals surface area contributed by atoms with E-state index in [4.69, 9.17) is 4.74 Å². The van der Waals surface area contributed by atoms with Crippen molar-refractivity contribution < 1.29 is 13.5 Å². The molecule has 0 N–H and O–H groups in total. The lowest BCUT2D eigenvalue weighted by molar-refractivity contribution is -0.244. The normalized spacial score (nSPS) is 24.8. The summed E-state index contributed by atoms with van der Waals surface area (Å²) in [4.78, 5) is 0. The number of halogens is 2. The van der Waals surface area contributed by atoms with E-state index in [9.17, 15) is 8.78 Å². The summed E-state index contributed by atoms with van der Waals surface area (Å²) < 4.78 is 34.3. The molecule has 2 aliphatic carbocycles. The Morgan fingerprint density at radius 3 is 1.89 bits per heavy atom. The standard InChI is InChI=1S/C34H44F2O/c1-3-5-6-7-27-10-18-31(19-11-27)33-22-14-29(15-23-33)25-37-34(35,36)24-28-12-20-32(21-13-28)30-16-8-26(4-2)9-17-30/h3-5,12-15,20-23,26-27,30-31H,2,6-11,16-19,24-25H2,1H3. The van der Waals surface area contributed by atoms with Crippen LogP contribution >= 0.6 is 0 Å². The average Bonchev–Trinajstić information content (AvgIpc) is 2.93. The molecule has 2 aromatic rings. The molecule has 0 unspecified atom stereocenters. The highest BCUT2D eigenvalue weighted by Gasteiger charge is 2.31. The second-order valence-electron chi connectivity index (χ2n) is 11.3. The highest BCUT2D eigenvalue weighted by atomic mass is 19.3. The van der Waals surface area contributed by atoms with Gasteiger partial charge in [0.2, 0.25) is 0 Å². The third-order valence-corrected chi connectivity index (χ3v) is 8.69. The molecule has 0 radical (unpaired) electrons. The molecular formula is C34H44F2O. The lowest BCUT2D eigenvalue weighted by Gasteiger charge is -2.28. The lowest BCUT2D eigenvalue weighted by atomic mass is 9.77. The number of ether oxygens (including phenoxy) is 1. The van der Waals surface area contributed by atoms with Crippen molar-refractivity contribution in [2.24, 2.45) is 11.8 Å². The van der Waals surface area contributed by atoms with E-state index in [0.29, 0.717) is 23.3 Å². The van der Waals surface area contributed by atoms with Crippen molar-refractivity contribution in [2.75, 3.05) is 0 Å². The van der Waals surface area contributed by atoms with E-state index in [2.05, 4.69) is 43.9 Å². The number of benzene rings is 2. The van der Waals surface area contributed by atoms with Gasteiger partial charge < -0.3 is 4.74 Å². The van der Waals surface area contributed by atoms with Crippen molar-refractivity contribution in [3.63, 3.8) is 0 Å². The Bertz CT molecular complexity index is 975. The van der Waals surface area contributed by atoms with Crippen molar-refractivity contribution in [1.82, 2.24) is 0 Å². The molecular weight excluding hydrogens is 462 g/mol. The molecule has 2 fully saturated rings. The van der Waals surface area contributed by atoms with Crippen LogP contribution in [-0.4, -0.2) is 6.11 Å². The molecule has 0 aromatic heterocycles. The van der Waals surface area contributed by atoms with Gasteiger partial charge in [-0.25, -0.2) is 0 Å². The van der Waals surface area contributed by atoms with Crippen LogP contribution in [0.4, 0.5) is 8.78 Å². The van der Waals surface area contributed by atoms with E-state index >= 15 is 0 Å². The molecule has 4 rings (SSSR count). The van der Waals surface area contributed by atoms with Gasteiger partial charge in [0.15, 0.2) is 0 Å². The molecule has 37 heavy (non-hydrogen) atoms. The molecule has 0 saturated heterocycles. The first-order valence-corrected chi connectivity index (χ1v) is 14.4. The Morgan fingerprint density at radius 2 is 1.35 bits per heavy atom. The van der Waals surface area contributed by atoms with Crippen molar-refractivity contribution in [3.8, 4) is 0 Å². The van der Waals surface area contributed by atoms with Gasteiger partial charge in [-0.05, 0) is 117 Å². The lowest BCUT2D eigenvalue weighted by Crippen LogP contribution is -2.23. The minimum absolute atomic E-state index is 0.0738. The maximum atomic E-state index is 14.6. The van der Waals surface area contributed by atoms with Gasteiger partial charge in [0.1, 0.15) is 0 Å². The van der Waals surface area contributed by atoms with Gasteiger partial charge in [-0.2, -0.15) is 8.78 Å². The Balaban J connectivity index is 1.21. The van der Waals surface area contributed by atoms with Gasteiger partial charge >= 0.3 is 6.11 Å². The van der Waals surface area contributed by atoms with Crippen molar-refractivity contribution in [1.29, 1.82) is 0 Å². The van der Waals surface area contributed by atoms with E-state index in [1.54, 1.807) is 0 Å². The molecule has 2 aliphatic rings. The number of hydrogen-bond donors (Lipinski definition) is 0. The van der Waals surface area contributed by atoms with Crippen LogP contribution in [0, 0.1) is 11.8 Å². The van der Waals surface area contributed by atoms with Crippen molar-refractivity contribution >= 4 is 0 Å². The first-order chi connectivity index (χ1) is 18.0. The maximum absolute atomic E-state index is 14.6. The van der Waals surface area contributed by atoms with E-state index in [0.717, 1.165) is 24.3 Å². The predicted molar refractivity (Wildman–Crippen MR) is 150 cm³/mol. The maximum Gasteiger partial charge on any atom is 0.360 e. The van der Waals surface area contributed by atoms with E-state index in [-0.39, 0.29) is 6.61 Å². The zero-order valence-corrected chi connectivity index (χ0v) is 22.5. The fourth-order valence-electron chi connectivity index (χ4n) is 6.24. The molecule has 0 amide bonds. The molecule has 0 heterocycles. The van der Waals surface area contributed by atoms with Crippen LogP contribution in [0.2, 0.25) is 0 Å². The highest BCUT2D eigenvalue weighted by molar-refractivity contribution is 5.27. The van der Waals surface area contributed by atoms with Crippen molar-refractivity contribution in [3.05, 3.63) is 95.6 Å². The van der Waals surface area contributed by atoms with Gasteiger partial charge in [0, 0.05) is 0 Å². The van der Waals surface area contributed by atoms with Crippen LogP contribution in [0.1, 0.15) is 105 Å². The second kappa shape index (κ2) is 13.5. The molecule has 2 aromatic carbocycles. The summed E-state index contributed by atoms with van der Waals surface area (Å²) in [5.74, 6) is 2.59. The van der Waals surface area contributed by atoms with Gasteiger partial charge in [0.25, 0.3) is 0 Å². The van der Waals surface area contributed by atoms with Crippen LogP contribution in [-0.2, 0) is 17.8 Å². The van der Waals surface area contributed by atoms with Crippen LogP contribution in [0.25, 0.3) is 0 Å². The zero-order valence-electron chi connectivity index (χ0n) is 22.5. The first-order valence-electron chi connectivity index (χ1n) is 14.4. The van der Waals surface area contributed by atoms with Gasteiger partial charge in [-0.1, -0.05) is 66.8 Å². The summed E-state index contributed by atoms with van der Waals surface area (Å²) in [5, 5.41) is 0. The van der Waals surface area contributed by atoms with E-state index in [1.165, 1.54) is 62.5 Å². The summed E-state index contributed by atoms with van der Waals surface area (Å²) in [6.07, 6.45) is 15.0. The van der Waals surface area contributed by atoms with Crippen LogP contribution in [0.5, 0.6) is 0 Å². The third kappa shape index (κ3) is 8.37. The smallest absolute Gasteiger partial charge is 0.315 e. The van der Waals surface area contributed by atoms with Crippen LogP contribution in [0.15, 0.2) is 73.3 Å². The van der Waals surface area contributed by atoms with Crippen molar-refractivity contribution in [2.45, 2.75) is 102 Å². The highest BCUT2D eigenvalue weighted by Crippen LogP contribution is 2.38. The van der Waals surface area contributed by atoms with Crippen LogP contribution < -0.4 is 0 Å². The fraction of sp³-hybridized carbons (Fsp3) is 0.529. The minimum Gasteiger partial charge on any atom is -0.315 e. The number of rotatable bonds is 11. The van der Waals surface area contributed by atoms with Gasteiger partial charge in [0.05, 0.1) is 13.0 Å². The number of allylic oxidation sites excluding steroid dienone is 3. The number of hydrogen-bond acceptors (Lipinski definition) is 1. The molecule has 0 atom stereocenters. The third-order valence-electron chi connectivity index (χ3n) is 8.69. The zero-order chi connectivity index (χ0) is 26.1. The molecule has 200 valence electrons. The summed E-state index contributed by atoms with van der Waals surface area (Å²) in [5.41, 5.74) is 4.01. The van der Waals surface area contributed by atoms with Gasteiger partial charge in [-0.3, -0.25) is 0 Å². The quantitative estimate of drug-likeness (QED) is 0.275. The molecule has 0 aliphatic heterocycles. The largest absolute Gasteiger partial charge is 0.360 e. The van der Waals surface area contributed by atoms with E-state index < -0.39 is 12.5 Å². The van der Waals surface area contributed by atoms with Crippen LogP contribution in [0.3, 0.4) is 0 Å². The molecule has 0 spiro atoms. The summed E-state index contributed by atoms with van der Waals surface area (Å²) in [6, 6.07) is 15.9. The Hall–Kier alpha value is -2.26. The first kappa shape index (κ1) is 27.8.